The van der Waals surface area contributed by atoms with Gasteiger partial charge in [0, 0.05) is 28.9 Å². The molecule has 0 spiro atoms. The number of aromatic nitrogens is 7. The van der Waals surface area contributed by atoms with E-state index in [0.717, 1.165) is 10.5 Å². The topological polar surface area (TPSA) is 160 Å². The predicted octanol–water partition coefficient (Wildman–Crippen LogP) is 3.96. The summed E-state index contributed by atoms with van der Waals surface area (Å²) in [6, 6.07) is 11.9. The van der Waals surface area contributed by atoms with Crippen LogP contribution in [-0.4, -0.2) is 53.5 Å². The molecule has 0 fully saturated rings. The zero-order valence-electron chi connectivity index (χ0n) is 20.8. The van der Waals surface area contributed by atoms with E-state index in [1.165, 1.54) is 24.3 Å². The molecule has 1 aliphatic rings. The molecule has 0 saturated heterocycles. The minimum Gasteiger partial charge on any atom is -0.618 e. The maximum Gasteiger partial charge on any atom is 0.411 e. The number of aromatic amines is 1. The van der Waals surface area contributed by atoms with E-state index in [9.17, 15) is 20.2 Å². The number of amides is 1. The van der Waals surface area contributed by atoms with Crippen LogP contribution in [0.2, 0.25) is 10.0 Å². The Morgan fingerprint density at radius 2 is 1.98 bits per heavy atom. The van der Waals surface area contributed by atoms with Crippen LogP contribution in [0.15, 0.2) is 61.2 Å². The van der Waals surface area contributed by atoms with Crippen LogP contribution in [0.1, 0.15) is 23.5 Å². The molecule has 3 N–H and O–H groups in total. The van der Waals surface area contributed by atoms with Crippen molar-refractivity contribution in [3.05, 3.63) is 93.5 Å². The number of hydrogen-bond acceptors (Lipinski definition) is 7. The first-order valence-corrected chi connectivity index (χ1v) is 12.8. The van der Waals surface area contributed by atoms with Gasteiger partial charge < -0.3 is 20.4 Å². The van der Waals surface area contributed by atoms with E-state index in [1.54, 1.807) is 48.7 Å². The Hall–Kier alpha value is -4.52. The van der Waals surface area contributed by atoms with E-state index in [2.05, 4.69) is 25.5 Å². The highest BCUT2D eigenvalue weighted by molar-refractivity contribution is 6.34. The van der Waals surface area contributed by atoms with Gasteiger partial charge in [0.05, 0.1) is 28.2 Å². The van der Waals surface area contributed by atoms with Gasteiger partial charge in [-0.2, -0.15) is 9.41 Å². The second kappa shape index (κ2) is 9.59. The molecule has 40 heavy (non-hydrogen) atoms. The normalized spacial score (nSPS) is 16.2. The average molecular weight is 579 g/mol. The van der Waals surface area contributed by atoms with Gasteiger partial charge >= 0.3 is 6.09 Å². The van der Waals surface area contributed by atoms with Crippen molar-refractivity contribution >= 4 is 35.0 Å². The molecule has 0 saturated carbocycles. The summed E-state index contributed by atoms with van der Waals surface area (Å²) in [5, 5.41) is 46.5. The third-order valence-corrected chi connectivity index (χ3v) is 7.71. The first-order chi connectivity index (χ1) is 19.2. The number of imidazole rings is 1. The second-order valence-corrected chi connectivity index (χ2v) is 10.1. The Morgan fingerprint density at radius 3 is 2.67 bits per heavy atom. The lowest BCUT2D eigenvalue weighted by Gasteiger charge is -2.21. The number of aliphatic hydroxyl groups is 1. The first-order valence-electron chi connectivity index (χ1n) is 12.0. The zero-order chi connectivity index (χ0) is 28.2. The number of anilines is 1. The van der Waals surface area contributed by atoms with Crippen LogP contribution in [0.25, 0.3) is 28.1 Å². The smallest absolute Gasteiger partial charge is 0.411 e. The highest BCUT2D eigenvalue weighted by Crippen LogP contribution is 2.45. The van der Waals surface area contributed by atoms with E-state index in [-0.39, 0.29) is 17.9 Å². The van der Waals surface area contributed by atoms with Crippen LogP contribution < -0.4 is 9.63 Å². The van der Waals surface area contributed by atoms with Crippen molar-refractivity contribution in [3.8, 4) is 28.1 Å². The Balaban J connectivity index is 1.39. The van der Waals surface area contributed by atoms with Crippen molar-refractivity contribution in [1.82, 2.24) is 30.2 Å². The molecular weight excluding hydrogens is 559 g/mol. The standard InChI is InChI=1S/C26H20Cl2N8O4/c1-34(25(37)38)16-5-2-14(3-6-16)20-11-29-24(31-20)26(39)9-8-17-22(28)19(12-36(40)23(17)26)18-10-15(27)4-7-21(18)35-13-30-32-33-35/h2-7,10-13,39H,8-9H2,1H3,(H,29,31)(H,37,38). The summed E-state index contributed by atoms with van der Waals surface area (Å²) < 4.78 is 2.06. The Kier molecular flexibility index (Phi) is 6.17. The highest BCUT2D eigenvalue weighted by Gasteiger charge is 2.49. The average Bonchev–Trinajstić information content (AvgIpc) is 3.71. The SMILES string of the molecule is CN(C(=O)O)c1ccc(-c2cnc(C3(O)CCc4c(Cl)c(-c5cc(Cl)ccc5-n5cnnn5)c[n+]([O-])c43)[nH]2)cc1. The number of nitrogens with zero attached hydrogens (tertiary/aromatic N) is 7. The number of carboxylic acid groups (broad SMARTS) is 1. The van der Waals surface area contributed by atoms with E-state index in [4.69, 9.17) is 23.2 Å². The van der Waals surface area contributed by atoms with E-state index in [0.29, 0.717) is 55.0 Å². The minimum atomic E-state index is -1.71. The number of carbonyl (C=O) groups is 1. The molecular formula is C26H20Cl2N8O4. The van der Waals surface area contributed by atoms with Crippen molar-refractivity contribution in [2.75, 3.05) is 11.9 Å². The van der Waals surface area contributed by atoms with E-state index >= 15 is 0 Å². The molecule has 12 nitrogen and oxygen atoms in total. The largest absolute Gasteiger partial charge is 0.618 e. The fourth-order valence-electron chi connectivity index (χ4n) is 4.99. The number of rotatable bonds is 5. The molecule has 3 heterocycles. The number of halogens is 2. The maximum absolute atomic E-state index is 13.5. The maximum atomic E-state index is 13.5. The Morgan fingerprint density at radius 1 is 1.20 bits per heavy atom. The van der Waals surface area contributed by atoms with Gasteiger partial charge in [-0.15, -0.1) is 5.10 Å². The molecule has 202 valence electrons. The van der Waals surface area contributed by atoms with Crippen molar-refractivity contribution in [2.24, 2.45) is 0 Å². The predicted molar refractivity (Wildman–Crippen MR) is 145 cm³/mol. The molecule has 0 bridgehead atoms. The third-order valence-electron chi connectivity index (χ3n) is 7.05. The van der Waals surface area contributed by atoms with Crippen molar-refractivity contribution in [1.29, 1.82) is 0 Å². The van der Waals surface area contributed by atoms with Gasteiger partial charge in [0.2, 0.25) is 11.3 Å². The molecule has 0 radical (unpaired) electrons. The fraction of sp³-hybridized carbons (Fsp3) is 0.154. The Bertz CT molecular complexity index is 1760. The monoisotopic (exact) mass is 578 g/mol. The summed E-state index contributed by atoms with van der Waals surface area (Å²) in [6.45, 7) is 0. The van der Waals surface area contributed by atoms with Gasteiger partial charge in [-0.05, 0) is 59.2 Å². The summed E-state index contributed by atoms with van der Waals surface area (Å²) in [5.74, 6) is 0.193. The molecule has 5 aromatic rings. The highest BCUT2D eigenvalue weighted by atomic mass is 35.5. The van der Waals surface area contributed by atoms with Gasteiger partial charge in [-0.3, -0.25) is 4.90 Å². The number of benzene rings is 2. The van der Waals surface area contributed by atoms with Crippen molar-refractivity contribution in [3.63, 3.8) is 0 Å². The molecule has 3 aromatic heterocycles. The van der Waals surface area contributed by atoms with Gasteiger partial charge in [0.25, 0.3) is 0 Å². The number of H-pyrrole nitrogens is 1. The van der Waals surface area contributed by atoms with Gasteiger partial charge in [-0.25, -0.2) is 9.78 Å². The van der Waals surface area contributed by atoms with Crippen molar-refractivity contribution < 1.29 is 19.7 Å². The lowest BCUT2D eigenvalue weighted by atomic mass is 9.98. The zero-order valence-corrected chi connectivity index (χ0v) is 22.3. The Labute approximate surface area is 236 Å². The minimum absolute atomic E-state index is 0.0894. The molecule has 14 heteroatoms. The first kappa shape index (κ1) is 25.7. The van der Waals surface area contributed by atoms with Crippen LogP contribution in [0.5, 0.6) is 0 Å². The molecule has 1 amide bonds. The summed E-state index contributed by atoms with van der Waals surface area (Å²) in [5.41, 5.74) is 2.22. The lowest BCUT2D eigenvalue weighted by molar-refractivity contribution is -0.620. The molecule has 6 rings (SSSR count). The van der Waals surface area contributed by atoms with E-state index < -0.39 is 11.7 Å². The second-order valence-electron chi connectivity index (χ2n) is 9.32. The molecule has 2 aromatic carbocycles. The summed E-state index contributed by atoms with van der Waals surface area (Å²) in [7, 11) is 1.45. The summed E-state index contributed by atoms with van der Waals surface area (Å²) in [4.78, 5) is 19.8. The molecule has 1 atom stereocenters. The van der Waals surface area contributed by atoms with Crippen molar-refractivity contribution in [2.45, 2.75) is 18.4 Å². The fourth-order valence-corrected chi connectivity index (χ4v) is 5.50. The van der Waals surface area contributed by atoms with Crippen LogP contribution in [0.3, 0.4) is 0 Å². The molecule has 0 aliphatic heterocycles. The van der Waals surface area contributed by atoms with Gasteiger partial charge in [0.15, 0.2) is 6.20 Å². The van der Waals surface area contributed by atoms with Crippen LogP contribution in [0, 0.1) is 5.21 Å². The van der Waals surface area contributed by atoms with E-state index in [1.807, 2.05) is 0 Å². The number of tetrazole rings is 1. The summed E-state index contributed by atoms with van der Waals surface area (Å²) >= 11 is 13.2. The van der Waals surface area contributed by atoms with Crippen LogP contribution >= 0.6 is 23.2 Å². The number of nitrogens with one attached hydrogen (secondary N) is 1. The van der Waals surface area contributed by atoms with Gasteiger partial charge in [0.1, 0.15) is 12.2 Å². The number of hydrogen-bond donors (Lipinski definition) is 3. The number of pyridine rings is 1. The lowest BCUT2D eigenvalue weighted by Crippen LogP contribution is -2.42. The van der Waals surface area contributed by atoms with Crippen LogP contribution in [0.4, 0.5) is 10.5 Å². The van der Waals surface area contributed by atoms with Gasteiger partial charge in [-0.1, -0.05) is 35.3 Å². The number of fused-ring (bicyclic) bond motifs is 1. The summed E-state index contributed by atoms with van der Waals surface area (Å²) in [6.07, 6.45) is 3.71. The quantitative estimate of drug-likeness (QED) is 0.208. The third kappa shape index (κ3) is 4.13. The van der Waals surface area contributed by atoms with Crippen LogP contribution in [-0.2, 0) is 12.0 Å². The molecule has 1 unspecified atom stereocenters. The molecule has 1 aliphatic carbocycles.